The summed E-state index contributed by atoms with van der Waals surface area (Å²) in [6, 6.07) is 0. The van der Waals surface area contributed by atoms with E-state index in [0.29, 0.717) is 0 Å². The van der Waals surface area contributed by atoms with Crippen LogP contribution >= 0.6 is 0 Å². The molecule has 5 heteroatoms. The van der Waals surface area contributed by atoms with Crippen molar-refractivity contribution in [1.29, 1.82) is 0 Å². The Bertz CT molecular complexity index is 244. The molecule has 0 rings (SSSR count). The van der Waals surface area contributed by atoms with Crippen molar-refractivity contribution in [2.24, 2.45) is 0 Å². The van der Waals surface area contributed by atoms with E-state index in [1.807, 2.05) is 0 Å². The third-order valence-electron chi connectivity index (χ3n) is 1.34. The van der Waals surface area contributed by atoms with E-state index < -0.39 is 11.9 Å². The SMILES string of the molecule is C=CCOC(=O)CCC(=O)OCC=CO. The topological polar surface area (TPSA) is 72.8 Å². The zero-order chi connectivity index (χ0) is 11.5. The number of rotatable bonds is 7. The van der Waals surface area contributed by atoms with Crippen molar-refractivity contribution in [3.05, 3.63) is 25.0 Å². The van der Waals surface area contributed by atoms with Gasteiger partial charge in [0.1, 0.15) is 13.2 Å². The number of aliphatic hydroxyl groups is 1. The molecular formula is C10H14O5. The lowest BCUT2D eigenvalue weighted by Gasteiger charge is -2.02. The minimum absolute atomic E-state index is 0.00294. The quantitative estimate of drug-likeness (QED) is 0.390. The van der Waals surface area contributed by atoms with Crippen LogP contribution in [0.15, 0.2) is 25.0 Å². The average molecular weight is 214 g/mol. The second kappa shape index (κ2) is 8.80. The smallest absolute Gasteiger partial charge is 0.306 e. The summed E-state index contributed by atoms with van der Waals surface area (Å²) < 4.78 is 9.27. The Kier molecular flexibility index (Phi) is 7.76. The minimum atomic E-state index is -0.511. The van der Waals surface area contributed by atoms with Gasteiger partial charge in [0.2, 0.25) is 0 Å². The van der Waals surface area contributed by atoms with Crippen LogP contribution in [0.1, 0.15) is 12.8 Å². The van der Waals surface area contributed by atoms with E-state index in [0.717, 1.165) is 6.26 Å². The molecule has 0 amide bonds. The normalized spacial score (nSPS) is 9.87. The van der Waals surface area contributed by atoms with Crippen LogP contribution in [0.4, 0.5) is 0 Å². The molecule has 0 bridgehead atoms. The molecule has 0 heterocycles. The van der Waals surface area contributed by atoms with Crippen LogP contribution in [-0.2, 0) is 19.1 Å². The summed E-state index contributed by atoms with van der Waals surface area (Å²) in [6.45, 7) is 3.51. The van der Waals surface area contributed by atoms with Crippen LogP contribution in [0, 0.1) is 0 Å². The number of hydrogen-bond donors (Lipinski definition) is 1. The van der Waals surface area contributed by atoms with Crippen molar-refractivity contribution in [2.75, 3.05) is 13.2 Å². The van der Waals surface area contributed by atoms with Gasteiger partial charge in [0, 0.05) is 0 Å². The first-order chi connectivity index (χ1) is 7.20. The van der Waals surface area contributed by atoms with Crippen LogP contribution in [0.25, 0.3) is 0 Å². The predicted molar refractivity (Wildman–Crippen MR) is 53.1 cm³/mol. The van der Waals surface area contributed by atoms with Crippen LogP contribution in [0.5, 0.6) is 0 Å². The predicted octanol–water partition coefficient (Wildman–Crippen LogP) is 1.11. The summed E-state index contributed by atoms with van der Waals surface area (Å²) >= 11 is 0. The molecule has 0 aromatic heterocycles. The van der Waals surface area contributed by atoms with Crippen LogP contribution in [-0.4, -0.2) is 30.3 Å². The van der Waals surface area contributed by atoms with Gasteiger partial charge in [-0.3, -0.25) is 9.59 Å². The number of ether oxygens (including phenoxy) is 2. The molecule has 0 spiro atoms. The van der Waals surface area contributed by atoms with Gasteiger partial charge in [-0.15, -0.1) is 0 Å². The highest BCUT2D eigenvalue weighted by Gasteiger charge is 2.07. The Hall–Kier alpha value is -1.78. The summed E-state index contributed by atoms with van der Waals surface area (Å²) in [4.78, 5) is 21.8. The average Bonchev–Trinajstić information content (AvgIpc) is 2.24. The van der Waals surface area contributed by atoms with Gasteiger partial charge in [0.05, 0.1) is 19.1 Å². The largest absolute Gasteiger partial charge is 0.516 e. The number of carbonyl (C=O) groups excluding carboxylic acids is 2. The molecular weight excluding hydrogens is 200 g/mol. The lowest BCUT2D eigenvalue weighted by atomic mass is 10.3. The molecule has 0 aromatic rings. The fourth-order valence-corrected chi connectivity index (χ4v) is 0.684. The Morgan fingerprint density at radius 3 is 2.13 bits per heavy atom. The molecule has 0 fully saturated rings. The maximum absolute atomic E-state index is 10.9. The molecule has 1 N–H and O–H groups in total. The van der Waals surface area contributed by atoms with Crippen LogP contribution < -0.4 is 0 Å². The fraction of sp³-hybridized carbons (Fsp3) is 0.400. The molecule has 0 aliphatic rings. The summed E-state index contributed by atoms with van der Waals surface area (Å²) in [5, 5.41) is 8.24. The Labute approximate surface area is 88.0 Å². The van der Waals surface area contributed by atoms with Gasteiger partial charge >= 0.3 is 11.9 Å². The molecule has 0 saturated carbocycles. The maximum Gasteiger partial charge on any atom is 0.306 e. The summed E-state index contributed by atoms with van der Waals surface area (Å²) in [5.74, 6) is -0.979. The summed E-state index contributed by atoms with van der Waals surface area (Å²) in [7, 11) is 0. The molecule has 0 atom stereocenters. The third-order valence-corrected chi connectivity index (χ3v) is 1.34. The molecule has 0 radical (unpaired) electrons. The van der Waals surface area contributed by atoms with Crippen molar-refractivity contribution in [3.63, 3.8) is 0 Å². The zero-order valence-electron chi connectivity index (χ0n) is 8.35. The number of carbonyl (C=O) groups is 2. The first-order valence-electron chi connectivity index (χ1n) is 4.42. The van der Waals surface area contributed by atoms with E-state index in [1.165, 1.54) is 12.2 Å². The molecule has 0 aliphatic carbocycles. The second-order valence-corrected chi connectivity index (χ2v) is 2.54. The first kappa shape index (κ1) is 13.2. The molecule has 0 aliphatic heterocycles. The van der Waals surface area contributed by atoms with Crippen LogP contribution in [0.3, 0.4) is 0 Å². The molecule has 0 unspecified atom stereocenters. The van der Waals surface area contributed by atoms with Gasteiger partial charge in [0.15, 0.2) is 0 Å². The third kappa shape index (κ3) is 8.55. The van der Waals surface area contributed by atoms with Gasteiger partial charge in [-0.2, -0.15) is 0 Å². The zero-order valence-corrected chi connectivity index (χ0v) is 8.35. The molecule has 84 valence electrons. The van der Waals surface area contributed by atoms with Crippen molar-refractivity contribution in [2.45, 2.75) is 12.8 Å². The highest BCUT2D eigenvalue weighted by molar-refractivity contribution is 5.77. The fourth-order valence-electron chi connectivity index (χ4n) is 0.684. The Balaban J connectivity index is 3.52. The van der Waals surface area contributed by atoms with E-state index in [-0.39, 0.29) is 26.1 Å². The van der Waals surface area contributed by atoms with E-state index in [4.69, 9.17) is 5.11 Å². The van der Waals surface area contributed by atoms with Crippen molar-refractivity contribution in [3.8, 4) is 0 Å². The minimum Gasteiger partial charge on any atom is -0.516 e. The van der Waals surface area contributed by atoms with E-state index in [1.54, 1.807) is 0 Å². The van der Waals surface area contributed by atoms with Gasteiger partial charge in [-0.1, -0.05) is 12.7 Å². The summed E-state index contributed by atoms with van der Waals surface area (Å²) in [6.07, 6.45) is 3.45. The van der Waals surface area contributed by atoms with Gasteiger partial charge in [-0.25, -0.2) is 0 Å². The number of esters is 2. The van der Waals surface area contributed by atoms with Crippen molar-refractivity contribution < 1.29 is 24.2 Å². The molecule has 0 saturated heterocycles. The molecule has 5 nitrogen and oxygen atoms in total. The van der Waals surface area contributed by atoms with Crippen LogP contribution in [0.2, 0.25) is 0 Å². The highest BCUT2D eigenvalue weighted by atomic mass is 16.5. The Morgan fingerprint density at radius 2 is 1.67 bits per heavy atom. The van der Waals surface area contributed by atoms with Gasteiger partial charge < -0.3 is 14.6 Å². The standard InChI is InChI=1S/C10H14O5/c1-2-7-14-9(12)4-5-10(13)15-8-3-6-11/h2-3,6,11H,1,4-5,7-8H2. The lowest BCUT2D eigenvalue weighted by Crippen LogP contribution is -2.10. The lowest BCUT2D eigenvalue weighted by molar-refractivity contribution is -0.149. The second-order valence-electron chi connectivity index (χ2n) is 2.54. The Morgan fingerprint density at radius 1 is 1.13 bits per heavy atom. The number of aliphatic hydroxyl groups excluding tert-OH is 1. The first-order valence-corrected chi connectivity index (χ1v) is 4.42. The molecule has 15 heavy (non-hydrogen) atoms. The summed E-state index contributed by atoms with van der Waals surface area (Å²) in [5.41, 5.74) is 0. The van der Waals surface area contributed by atoms with Gasteiger partial charge in [-0.05, 0) is 6.08 Å². The number of hydrogen-bond acceptors (Lipinski definition) is 5. The monoisotopic (exact) mass is 214 g/mol. The van der Waals surface area contributed by atoms with Gasteiger partial charge in [0.25, 0.3) is 0 Å². The van der Waals surface area contributed by atoms with Crippen molar-refractivity contribution >= 4 is 11.9 Å². The van der Waals surface area contributed by atoms with E-state index in [2.05, 4.69) is 16.1 Å². The maximum atomic E-state index is 10.9. The highest BCUT2D eigenvalue weighted by Crippen LogP contribution is 1.96. The molecule has 0 aromatic carbocycles. The van der Waals surface area contributed by atoms with E-state index >= 15 is 0 Å². The van der Waals surface area contributed by atoms with Crippen molar-refractivity contribution in [1.82, 2.24) is 0 Å². The van der Waals surface area contributed by atoms with E-state index in [9.17, 15) is 9.59 Å².